The van der Waals surface area contributed by atoms with Gasteiger partial charge in [0.05, 0.1) is 11.5 Å². The normalized spacial score (nSPS) is 15.0. The monoisotopic (exact) mass is 211 g/mol. The van der Waals surface area contributed by atoms with Crippen LogP contribution >= 0.6 is 0 Å². The van der Waals surface area contributed by atoms with Crippen molar-refractivity contribution in [2.24, 2.45) is 5.92 Å². The Hall–Kier alpha value is -1.65. The van der Waals surface area contributed by atoms with Gasteiger partial charge in [-0.15, -0.1) is 0 Å². The van der Waals surface area contributed by atoms with Gasteiger partial charge in [-0.25, -0.2) is 0 Å². The predicted molar refractivity (Wildman–Crippen MR) is 51.3 cm³/mol. The Morgan fingerprint density at radius 2 is 2.27 bits per heavy atom. The zero-order valence-corrected chi connectivity index (χ0v) is 7.98. The van der Waals surface area contributed by atoms with E-state index in [9.17, 15) is 14.5 Å². The largest absolute Gasteiger partial charge is 0.486 e. The van der Waals surface area contributed by atoms with Crippen molar-refractivity contribution in [3.05, 3.63) is 34.1 Å². The van der Waals surface area contributed by atoms with Gasteiger partial charge in [-0.2, -0.15) is 4.39 Å². The molecule has 2 rings (SSSR count). The van der Waals surface area contributed by atoms with E-state index in [1.54, 1.807) is 0 Å². The summed E-state index contributed by atoms with van der Waals surface area (Å²) < 4.78 is 18.3. The Balaban J connectivity index is 2.19. The van der Waals surface area contributed by atoms with Crippen LogP contribution in [0.3, 0.4) is 0 Å². The Morgan fingerprint density at radius 1 is 1.53 bits per heavy atom. The van der Waals surface area contributed by atoms with Crippen LogP contribution in [0, 0.1) is 21.8 Å². The molecule has 80 valence electrons. The van der Waals surface area contributed by atoms with Crippen molar-refractivity contribution < 1.29 is 14.1 Å². The number of hydrogen-bond acceptors (Lipinski definition) is 3. The summed E-state index contributed by atoms with van der Waals surface area (Å²) in [5.41, 5.74) is -0.571. The van der Waals surface area contributed by atoms with Crippen LogP contribution in [0.2, 0.25) is 0 Å². The highest BCUT2D eigenvalue weighted by molar-refractivity contribution is 5.47. The van der Waals surface area contributed by atoms with Gasteiger partial charge in [0, 0.05) is 0 Å². The third-order valence-electron chi connectivity index (χ3n) is 2.30. The van der Waals surface area contributed by atoms with Gasteiger partial charge in [0.15, 0.2) is 5.75 Å². The number of nitrogens with zero attached hydrogens (tertiary/aromatic N) is 1. The fourth-order valence-electron chi connectivity index (χ4n) is 1.28. The highest BCUT2D eigenvalue weighted by Crippen LogP contribution is 2.33. The van der Waals surface area contributed by atoms with Crippen molar-refractivity contribution in [2.45, 2.75) is 12.8 Å². The first-order chi connectivity index (χ1) is 7.18. The molecular formula is C10H10FNO3. The summed E-state index contributed by atoms with van der Waals surface area (Å²) in [5.74, 6) is -0.354. The van der Waals surface area contributed by atoms with E-state index in [2.05, 4.69) is 0 Å². The molecule has 0 radical (unpaired) electrons. The standard InChI is InChI=1S/C10H10FNO3/c11-8-2-1-3-9(10(8)12(13)14)15-6-7-4-5-7/h1-3,7H,4-6H2. The maximum absolute atomic E-state index is 13.1. The minimum absolute atomic E-state index is 0.0203. The van der Waals surface area contributed by atoms with Crippen LogP contribution in [0.1, 0.15) is 12.8 Å². The van der Waals surface area contributed by atoms with Crippen LogP contribution in [-0.4, -0.2) is 11.5 Å². The molecule has 1 fully saturated rings. The van der Waals surface area contributed by atoms with Crippen molar-refractivity contribution in [2.75, 3.05) is 6.61 Å². The van der Waals surface area contributed by atoms with Crippen molar-refractivity contribution in [1.29, 1.82) is 0 Å². The summed E-state index contributed by atoms with van der Waals surface area (Å²) >= 11 is 0. The average Bonchev–Trinajstić information content (AvgIpc) is 2.97. The molecule has 0 heterocycles. The lowest BCUT2D eigenvalue weighted by Crippen LogP contribution is -2.03. The lowest BCUT2D eigenvalue weighted by molar-refractivity contribution is -0.388. The average molecular weight is 211 g/mol. The molecule has 1 aliphatic rings. The topological polar surface area (TPSA) is 52.4 Å². The van der Waals surface area contributed by atoms with Gasteiger partial charge in [0.25, 0.3) is 0 Å². The highest BCUT2D eigenvalue weighted by Gasteiger charge is 2.25. The van der Waals surface area contributed by atoms with E-state index in [4.69, 9.17) is 4.74 Å². The van der Waals surface area contributed by atoms with Crippen LogP contribution < -0.4 is 4.74 Å². The minimum atomic E-state index is -0.853. The van der Waals surface area contributed by atoms with Gasteiger partial charge in [0.1, 0.15) is 0 Å². The predicted octanol–water partition coefficient (Wildman–Crippen LogP) is 2.52. The third-order valence-corrected chi connectivity index (χ3v) is 2.30. The summed E-state index contributed by atoms with van der Waals surface area (Å²) in [6, 6.07) is 3.89. The summed E-state index contributed by atoms with van der Waals surface area (Å²) in [6.07, 6.45) is 2.17. The summed E-state index contributed by atoms with van der Waals surface area (Å²) in [6.45, 7) is 0.435. The molecule has 1 saturated carbocycles. The Morgan fingerprint density at radius 3 is 2.87 bits per heavy atom. The number of ether oxygens (including phenoxy) is 1. The van der Waals surface area contributed by atoms with E-state index < -0.39 is 16.4 Å². The molecular weight excluding hydrogens is 201 g/mol. The molecule has 5 heteroatoms. The van der Waals surface area contributed by atoms with Crippen molar-refractivity contribution in [3.63, 3.8) is 0 Å². The zero-order valence-electron chi connectivity index (χ0n) is 7.98. The van der Waals surface area contributed by atoms with Crippen LogP contribution in [0.15, 0.2) is 18.2 Å². The van der Waals surface area contributed by atoms with Crippen LogP contribution in [0.4, 0.5) is 10.1 Å². The second-order valence-electron chi connectivity index (χ2n) is 3.60. The molecule has 0 atom stereocenters. The molecule has 1 aromatic rings. The first-order valence-corrected chi connectivity index (χ1v) is 4.74. The van der Waals surface area contributed by atoms with E-state index in [0.29, 0.717) is 12.5 Å². The lowest BCUT2D eigenvalue weighted by Gasteiger charge is -2.05. The first kappa shape index (κ1) is 9.89. The van der Waals surface area contributed by atoms with E-state index in [0.717, 1.165) is 18.9 Å². The molecule has 0 bridgehead atoms. The number of hydrogen-bond donors (Lipinski definition) is 0. The van der Waals surface area contributed by atoms with E-state index in [1.165, 1.54) is 12.1 Å². The van der Waals surface area contributed by atoms with Crippen LogP contribution in [0.25, 0.3) is 0 Å². The molecule has 0 saturated heterocycles. The molecule has 1 aromatic carbocycles. The van der Waals surface area contributed by atoms with E-state index in [1.807, 2.05) is 0 Å². The highest BCUT2D eigenvalue weighted by atomic mass is 19.1. The maximum Gasteiger partial charge on any atom is 0.346 e. The van der Waals surface area contributed by atoms with Gasteiger partial charge in [-0.05, 0) is 30.9 Å². The Labute approximate surface area is 85.8 Å². The van der Waals surface area contributed by atoms with E-state index >= 15 is 0 Å². The molecule has 0 spiro atoms. The number of para-hydroxylation sites is 1. The third kappa shape index (κ3) is 2.23. The van der Waals surface area contributed by atoms with Gasteiger partial charge in [-0.3, -0.25) is 10.1 Å². The fourth-order valence-corrected chi connectivity index (χ4v) is 1.28. The second-order valence-corrected chi connectivity index (χ2v) is 3.60. The number of rotatable bonds is 4. The van der Waals surface area contributed by atoms with Crippen LogP contribution in [0.5, 0.6) is 5.75 Å². The zero-order chi connectivity index (χ0) is 10.8. The lowest BCUT2D eigenvalue weighted by atomic mass is 10.3. The second kappa shape index (κ2) is 3.84. The fraction of sp³-hybridized carbons (Fsp3) is 0.400. The van der Waals surface area contributed by atoms with Gasteiger partial charge < -0.3 is 4.74 Å². The minimum Gasteiger partial charge on any atom is -0.486 e. The van der Waals surface area contributed by atoms with Gasteiger partial charge in [-0.1, -0.05) is 6.07 Å². The number of benzene rings is 1. The van der Waals surface area contributed by atoms with Gasteiger partial charge in [0.2, 0.25) is 5.82 Å². The van der Waals surface area contributed by atoms with Gasteiger partial charge >= 0.3 is 5.69 Å². The number of nitro benzene ring substituents is 1. The molecule has 0 unspecified atom stereocenters. The molecule has 0 aromatic heterocycles. The number of nitro groups is 1. The summed E-state index contributed by atoms with van der Waals surface area (Å²) in [7, 11) is 0. The van der Waals surface area contributed by atoms with Crippen LogP contribution in [-0.2, 0) is 0 Å². The summed E-state index contributed by atoms with van der Waals surface area (Å²) in [4.78, 5) is 9.84. The smallest absolute Gasteiger partial charge is 0.346 e. The molecule has 0 amide bonds. The van der Waals surface area contributed by atoms with E-state index in [-0.39, 0.29) is 5.75 Å². The molecule has 4 nitrogen and oxygen atoms in total. The maximum atomic E-state index is 13.1. The quantitative estimate of drug-likeness (QED) is 0.568. The molecule has 0 N–H and O–H groups in total. The Bertz CT molecular complexity index is 390. The van der Waals surface area contributed by atoms with Crippen molar-refractivity contribution >= 4 is 5.69 Å². The molecule has 15 heavy (non-hydrogen) atoms. The van der Waals surface area contributed by atoms with Crippen molar-refractivity contribution in [3.8, 4) is 5.75 Å². The number of halogens is 1. The Kier molecular flexibility index (Phi) is 2.53. The molecule has 0 aliphatic heterocycles. The van der Waals surface area contributed by atoms with Crippen molar-refractivity contribution in [1.82, 2.24) is 0 Å². The summed E-state index contributed by atoms with van der Waals surface area (Å²) in [5, 5.41) is 10.6. The molecule has 1 aliphatic carbocycles. The first-order valence-electron chi connectivity index (χ1n) is 4.74. The SMILES string of the molecule is O=[N+]([O-])c1c(F)cccc1OCC1CC1.